The number of carbonyl (C=O) groups excluding carboxylic acids is 1. The molecule has 142 valence electrons. The fourth-order valence-corrected chi connectivity index (χ4v) is 2.80. The van der Waals surface area contributed by atoms with E-state index in [-0.39, 0.29) is 5.91 Å². The number of anilines is 2. The van der Waals surface area contributed by atoms with E-state index in [1.165, 1.54) is 12.5 Å². The van der Waals surface area contributed by atoms with E-state index in [9.17, 15) is 4.79 Å². The summed E-state index contributed by atoms with van der Waals surface area (Å²) in [6.45, 7) is 5.21. The molecule has 0 saturated carbocycles. The zero-order valence-corrected chi connectivity index (χ0v) is 16.6. The molecule has 0 fully saturated rings. The van der Waals surface area contributed by atoms with Gasteiger partial charge in [-0.1, -0.05) is 35.9 Å². The fraction of sp³-hybridized carbons (Fsp3) is 0.150. The SMILES string of the molecule is CC(=O)Nc1cc(N)ccc1N=Nc1snc(C)c1C#N.Cc1ccccc1. The summed E-state index contributed by atoms with van der Waals surface area (Å²) < 4.78 is 4.06. The molecule has 0 spiro atoms. The summed E-state index contributed by atoms with van der Waals surface area (Å²) in [4.78, 5) is 11.2. The Labute approximate surface area is 167 Å². The molecular weight excluding hydrogens is 372 g/mol. The first-order valence-corrected chi connectivity index (χ1v) is 9.15. The molecule has 0 radical (unpaired) electrons. The summed E-state index contributed by atoms with van der Waals surface area (Å²) in [5.41, 5.74) is 9.45. The third-order valence-corrected chi connectivity index (χ3v) is 4.30. The number of amides is 1. The highest BCUT2D eigenvalue weighted by Crippen LogP contribution is 2.32. The Balaban J connectivity index is 0.000000336. The van der Waals surface area contributed by atoms with Gasteiger partial charge >= 0.3 is 0 Å². The number of nitrogens with zero attached hydrogens (tertiary/aromatic N) is 4. The Morgan fingerprint density at radius 3 is 2.46 bits per heavy atom. The van der Waals surface area contributed by atoms with Gasteiger partial charge < -0.3 is 11.1 Å². The van der Waals surface area contributed by atoms with Gasteiger partial charge in [0.2, 0.25) is 5.91 Å². The molecule has 0 atom stereocenters. The van der Waals surface area contributed by atoms with E-state index in [0.29, 0.717) is 33.3 Å². The van der Waals surface area contributed by atoms with Crippen LogP contribution in [-0.4, -0.2) is 10.3 Å². The van der Waals surface area contributed by atoms with E-state index >= 15 is 0 Å². The molecule has 0 bridgehead atoms. The van der Waals surface area contributed by atoms with Crippen LogP contribution < -0.4 is 11.1 Å². The highest BCUT2D eigenvalue weighted by molar-refractivity contribution is 7.10. The quantitative estimate of drug-likeness (QED) is 0.466. The standard InChI is InChI=1S/C13H12N6OS.C7H8/c1-7-10(6-14)13(21-19-7)18-17-11-4-3-9(15)5-12(11)16-8(2)20;1-7-5-3-2-4-6-7/h3-5H,15H2,1-2H3,(H,16,20);2-6H,1H3. The average molecular weight is 392 g/mol. The van der Waals surface area contributed by atoms with Crippen molar-refractivity contribution in [1.82, 2.24) is 4.37 Å². The van der Waals surface area contributed by atoms with Gasteiger partial charge in [-0.05, 0) is 43.6 Å². The second kappa shape index (κ2) is 9.94. The summed E-state index contributed by atoms with van der Waals surface area (Å²) in [5, 5.41) is 20.2. The maximum absolute atomic E-state index is 11.2. The van der Waals surface area contributed by atoms with E-state index in [1.807, 2.05) is 24.3 Å². The molecule has 7 nitrogen and oxygen atoms in total. The van der Waals surface area contributed by atoms with Crippen LogP contribution in [0.5, 0.6) is 0 Å². The minimum Gasteiger partial charge on any atom is -0.399 e. The number of rotatable bonds is 3. The first-order chi connectivity index (χ1) is 13.4. The Morgan fingerprint density at radius 1 is 1.18 bits per heavy atom. The van der Waals surface area contributed by atoms with Gasteiger partial charge in [0.1, 0.15) is 17.3 Å². The van der Waals surface area contributed by atoms with Gasteiger partial charge in [0.25, 0.3) is 0 Å². The topological polar surface area (TPSA) is 117 Å². The van der Waals surface area contributed by atoms with Crippen LogP contribution in [-0.2, 0) is 4.79 Å². The van der Waals surface area contributed by atoms with E-state index in [2.05, 4.69) is 39.0 Å². The van der Waals surface area contributed by atoms with Crippen molar-refractivity contribution in [3.8, 4) is 6.07 Å². The second-order valence-electron chi connectivity index (χ2n) is 5.87. The first kappa shape index (κ1) is 20.7. The number of azo groups is 1. The molecule has 1 amide bonds. The van der Waals surface area contributed by atoms with Crippen LogP contribution in [0.4, 0.5) is 22.1 Å². The van der Waals surface area contributed by atoms with Gasteiger partial charge in [-0.2, -0.15) is 9.64 Å². The van der Waals surface area contributed by atoms with Crippen molar-refractivity contribution in [3.05, 3.63) is 65.4 Å². The number of nitrogens with one attached hydrogen (secondary N) is 1. The lowest BCUT2D eigenvalue weighted by Crippen LogP contribution is -2.06. The smallest absolute Gasteiger partial charge is 0.221 e. The number of carbonyl (C=O) groups is 1. The van der Waals surface area contributed by atoms with E-state index in [4.69, 9.17) is 11.0 Å². The van der Waals surface area contributed by atoms with Gasteiger partial charge in [0.15, 0.2) is 5.00 Å². The van der Waals surface area contributed by atoms with Gasteiger partial charge in [0, 0.05) is 12.6 Å². The third kappa shape index (κ3) is 6.00. The highest BCUT2D eigenvalue weighted by Gasteiger charge is 2.10. The first-order valence-electron chi connectivity index (χ1n) is 8.37. The number of nitrogen functional groups attached to an aromatic ring is 1. The molecule has 0 saturated heterocycles. The molecule has 2 aromatic carbocycles. The molecule has 0 aliphatic carbocycles. The molecule has 0 unspecified atom stereocenters. The molecule has 28 heavy (non-hydrogen) atoms. The lowest BCUT2D eigenvalue weighted by atomic mass is 10.2. The zero-order chi connectivity index (χ0) is 20.5. The van der Waals surface area contributed by atoms with E-state index in [1.54, 1.807) is 25.1 Å². The van der Waals surface area contributed by atoms with Crippen molar-refractivity contribution in [2.24, 2.45) is 10.2 Å². The predicted molar refractivity (Wildman–Crippen MR) is 112 cm³/mol. The van der Waals surface area contributed by atoms with Gasteiger partial charge in [-0.15, -0.1) is 10.2 Å². The fourth-order valence-electron chi connectivity index (χ4n) is 2.12. The van der Waals surface area contributed by atoms with Crippen molar-refractivity contribution in [1.29, 1.82) is 5.26 Å². The third-order valence-electron chi connectivity index (χ3n) is 3.48. The molecule has 1 aromatic heterocycles. The summed E-state index contributed by atoms with van der Waals surface area (Å²) in [5.74, 6) is -0.233. The molecule has 3 aromatic rings. The summed E-state index contributed by atoms with van der Waals surface area (Å²) in [7, 11) is 0. The number of benzene rings is 2. The number of hydrogen-bond donors (Lipinski definition) is 2. The minimum absolute atomic E-state index is 0.233. The van der Waals surface area contributed by atoms with E-state index in [0.717, 1.165) is 11.5 Å². The average Bonchev–Trinajstić information content (AvgIpc) is 3.01. The molecule has 3 rings (SSSR count). The Bertz CT molecular complexity index is 1020. The van der Waals surface area contributed by atoms with Crippen LogP contribution in [0.1, 0.15) is 23.7 Å². The van der Waals surface area contributed by atoms with E-state index < -0.39 is 0 Å². The molecule has 8 heteroatoms. The molecule has 0 aliphatic rings. The van der Waals surface area contributed by atoms with Crippen molar-refractivity contribution >= 4 is 39.5 Å². The Kier molecular flexibility index (Phi) is 7.37. The molecular formula is C20H20N6OS. The number of nitrogens with two attached hydrogens (primary N) is 1. The summed E-state index contributed by atoms with van der Waals surface area (Å²) in [6.07, 6.45) is 0. The second-order valence-corrected chi connectivity index (χ2v) is 6.62. The maximum atomic E-state index is 11.2. The minimum atomic E-state index is -0.233. The van der Waals surface area contributed by atoms with Gasteiger partial charge in [-0.25, -0.2) is 0 Å². The largest absolute Gasteiger partial charge is 0.399 e. The van der Waals surface area contributed by atoms with Crippen molar-refractivity contribution in [3.63, 3.8) is 0 Å². The summed E-state index contributed by atoms with van der Waals surface area (Å²) >= 11 is 1.10. The van der Waals surface area contributed by atoms with Crippen LogP contribution in [0.15, 0.2) is 58.8 Å². The van der Waals surface area contributed by atoms with Crippen LogP contribution in [0.2, 0.25) is 0 Å². The normalized spacial score (nSPS) is 10.1. The lowest BCUT2D eigenvalue weighted by molar-refractivity contribution is -0.114. The predicted octanol–water partition coefficient (Wildman–Crippen LogP) is 5.27. The van der Waals surface area contributed by atoms with Crippen molar-refractivity contribution in [2.75, 3.05) is 11.1 Å². The van der Waals surface area contributed by atoms with Crippen LogP contribution in [0.3, 0.4) is 0 Å². The number of aryl methyl sites for hydroxylation is 2. The highest BCUT2D eigenvalue weighted by atomic mass is 32.1. The number of aromatic nitrogens is 1. The number of nitriles is 1. The van der Waals surface area contributed by atoms with Crippen LogP contribution >= 0.6 is 11.5 Å². The zero-order valence-electron chi connectivity index (χ0n) is 15.8. The monoisotopic (exact) mass is 392 g/mol. The Hall–Kier alpha value is -3.57. The van der Waals surface area contributed by atoms with Crippen LogP contribution in [0, 0.1) is 25.2 Å². The molecule has 1 heterocycles. The Morgan fingerprint density at radius 2 is 1.89 bits per heavy atom. The summed E-state index contributed by atoms with van der Waals surface area (Å²) in [6, 6.07) is 17.2. The van der Waals surface area contributed by atoms with Crippen LogP contribution in [0.25, 0.3) is 0 Å². The van der Waals surface area contributed by atoms with Gasteiger partial charge in [-0.3, -0.25) is 4.79 Å². The number of hydrogen-bond acceptors (Lipinski definition) is 7. The van der Waals surface area contributed by atoms with Gasteiger partial charge in [0.05, 0.1) is 11.4 Å². The molecule has 3 N–H and O–H groups in total. The maximum Gasteiger partial charge on any atom is 0.221 e. The van der Waals surface area contributed by atoms with Crippen molar-refractivity contribution in [2.45, 2.75) is 20.8 Å². The lowest BCUT2D eigenvalue weighted by Gasteiger charge is -2.06. The molecule has 0 aliphatic heterocycles. The van der Waals surface area contributed by atoms with Crippen molar-refractivity contribution < 1.29 is 4.79 Å².